The predicted molar refractivity (Wildman–Crippen MR) is 42.3 cm³/mol. The van der Waals surface area contributed by atoms with Gasteiger partial charge in [0, 0.05) is 19.6 Å². The summed E-state index contributed by atoms with van der Waals surface area (Å²) in [5, 5.41) is 2.90. The topological polar surface area (TPSA) is 32.3 Å². The molecule has 3 heteroatoms. The lowest BCUT2D eigenvalue weighted by Gasteiger charge is -2.28. The Bertz CT molecular complexity index is 169. The van der Waals surface area contributed by atoms with Crippen LogP contribution in [0.15, 0.2) is 0 Å². The number of carbonyl (C=O) groups is 1. The van der Waals surface area contributed by atoms with Crippen molar-refractivity contribution < 1.29 is 4.79 Å². The van der Waals surface area contributed by atoms with Crippen LogP contribution in [0.5, 0.6) is 0 Å². The number of piperidine rings is 1. The van der Waals surface area contributed by atoms with Crippen molar-refractivity contribution >= 4 is 6.03 Å². The molecule has 62 valence electrons. The van der Waals surface area contributed by atoms with E-state index in [0.717, 1.165) is 25.6 Å². The van der Waals surface area contributed by atoms with Gasteiger partial charge in [-0.1, -0.05) is 0 Å². The zero-order valence-electron chi connectivity index (χ0n) is 6.68. The molecule has 2 heterocycles. The van der Waals surface area contributed by atoms with Crippen molar-refractivity contribution in [1.29, 1.82) is 0 Å². The maximum absolute atomic E-state index is 11.2. The second-order valence-corrected chi connectivity index (χ2v) is 3.47. The van der Waals surface area contributed by atoms with Crippen LogP contribution in [-0.4, -0.2) is 30.6 Å². The summed E-state index contributed by atoms with van der Waals surface area (Å²) in [5.41, 5.74) is 0. The fourth-order valence-corrected chi connectivity index (χ4v) is 1.98. The Balaban J connectivity index is 2.07. The van der Waals surface area contributed by atoms with Crippen LogP contribution in [0.4, 0.5) is 4.79 Å². The molecule has 0 aliphatic carbocycles. The highest BCUT2D eigenvalue weighted by atomic mass is 16.2. The summed E-state index contributed by atoms with van der Waals surface area (Å²) >= 11 is 0. The van der Waals surface area contributed by atoms with E-state index in [1.807, 2.05) is 4.90 Å². The van der Waals surface area contributed by atoms with Gasteiger partial charge in [-0.2, -0.15) is 0 Å². The Morgan fingerprint density at radius 1 is 1.45 bits per heavy atom. The number of nitrogens with zero attached hydrogens (tertiary/aromatic N) is 1. The van der Waals surface area contributed by atoms with Crippen molar-refractivity contribution in [2.45, 2.75) is 19.3 Å². The third-order valence-corrected chi connectivity index (χ3v) is 2.64. The van der Waals surface area contributed by atoms with Gasteiger partial charge in [0.25, 0.3) is 0 Å². The highest BCUT2D eigenvalue weighted by Gasteiger charge is 2.25. The molecule has 0 aromatic carbocycles. The lowest BCUT2D eigenvalue weighted by atomic mass is 9.96. The van der Waals surface area contributed by atoms with Crippen molar-refractivity contribution in [2.24, 2.45) is 5.92 Å². The van der Waals surface area contributed by atoms with Crippen LogP contribution in [-0.2, 0) is 0 Å². The SMILES string of the molecule is O=C1NCCC2CCCN1C2. The van der Waals surface area contributed by atoms with Gasteiger partial charge in [0.2, 0.25) is 0 Å². The lowest BCUT2D eigenvalue weighted by molar-refractivity contribution is 0.177. The smallest absolute Gasteiger partial charge is 0.317 e. The van der Waals surface area contributed by atoms with E-state index in [2.05, 4.69) is 5.32 Å². The highest BCUT2D eigenvalue weighted by molar-refractivity contribution is 5.74. The molecule has 0 spiro atoms. The number of hydrogen-bond donors (Lipinski definition) is 1. The van der Waals surface area contributed by atoms with E-state index in [9.17, 15) is 4.79 Å². The van der Waals surface area contributed by atoms with Crippen LogP contribution in [0.3, 0.4) is 0 Å². The molecule has 2 aliphatic heterocycles. The zero-order chi connectivity index (χ0) is 7.68. The summed E-state index contributed by atoms with van der Waals surface area (Å²) < 4.78 is 0. The Labute approximate surface area is 66.8 Å². The van der Waals surface area contributed by atoms with Gasteiger partial charge in [-0.15, -0.1) is 0 Å². The molecule has 2 bridgehead atoms. The first-order valence-corrected chi connectivity index (χ1v) is 4.39. The standard InChI is InChI=1S/C8H14N2O/c11-8-9-4-3-7-2-1-5-10(8)6-7/h7H,1-6H2,(H,9,11). The third kappa shape index (κ3) is 1.32. The van der Waals surface area contributed by atoms with E-state index >= 15 is 0 Å². The molecule has 11 heavy (non-hydrogen) atoms. The van der Waals surface area contributed by atoms with Crippen molar-refractivity contribution in [3.8, 4) is 0 Å². The molecular weight excluding hydrogens is 140 g/mol. The van der Waals surface area contributed by atoms with E-state index in [1.54, 1.807) is 0 Å². The second-order valence-electron chi connectivity index (χ2n) is 3.47. The quantitative estimate of drug-likeness (QED) is 0.550. The van der Waals surface area contributed by atoms with Crippen molar-refractivity contribution in [3.63, 3.8) is 0 Å². The Morgan fingerprint density at radius 3 is 3.27 bits per heavy atom. The van der Waals surface area contributed by atoms with Crippen molar-refractivity contribution in [3.05, 3.63) is 0 Å². The minimum absolute atomic E-state index is 0.146. The Hall–Kier alpha value is -0.730. The first kappa shape index (κ1) is 6.95. The fraction of sp³-hybridized carbons (Fsp3) is 0.875. The maximum Gasteiger partial charge on any atom is 0.317 e. The Morgan fingerprint density at radius 2 is 2.36 bits per heavy atom. The minimum Gasteiger partial charge on any atom is -0.338 e. The molecule has 2 saturated heterocycles. The third-order valence-electron chi connectivity index (χ3n) is 2.64. The van der Waals surface area contributed by atoms with Crippen molar-refractivity contribution in [1.82, 2.24) is 10.2 Å². The molecule has 3 nitrogen and oxygen atoms in total. The molecule has 0 aromatic rings. The summed E-state index contributed by atoms with van der Waals surface area (Å²) in [6.45, 7) is 2.83. The first-order valence-electron chi connectivity index (χ1n) is 4.39. The summed E-state index contributed by atoms with van der Waals surface area (Å²) in [5.74, 6) is 0.766. The number of nitrogens with one attached hydrogen (secondary N) is 1. The van der Waals surface area contributed by atoms with Crippen LogP contribution in [0, 0.1) is 5.92 Å². The molecule has 2 aliphatic rings. The molecule has 0 radical (unpaired) electrons. The van der Waals surface area contributed by atoms with Gasteiger partial charge in [0.05, 0.1) is 0 Å². The average molecular weight is 154 g/mol. The summed E-state index contributed by atoms with van der Waals surface area (Å²) in [7, 11) is 0. The number of carbonyl (C=O) groups excluding carboxylic acids is 1. The largest absolute Gasteiger partial charge is 0.338 e. The molecule has 1 unspecified atom stereocenters. The van der Waals surface area contributed by atoms with Gasteiger partial charge < -0.3 is 10.2 Å². The van der Waals surface area contributed by atoms with E-state index in [-0.39, 0.29) is 6.03 Å². The van der Waals surface area contributed by atoms with Crippen LogP contribution in [0.1, 0.15) is 19.3 Å². The number of rotatable bonds is 0. The molecule has 2 rings (SSSR count). The molecule has 0 aromatic heterocycles. The molecular formula is C8H14N2O. The van der Waals surface area contributed by atoms with Crippen LogP contribution in [0.2, 0.25) is 0 Å². The number of urea groups is 1. The second kappa shape index (κ2) is 2.72. The molecule has 2 fully saturated rings. The zero-order valence-corrected chi connectivity index (χ0v) is 6.68. The van der Waals surface area contributed by atoms with E-state index < -0.39 is 0 Å². The van der Waals surface area contributed by atoms with Gasteiger partial charge in [-0.25, -0.2) is 4.79 Å². The monoisotopic (exact) mass is 154 g/mol. The van der Waals surface area contributed by atoms with Gasteiger partial charge in [0.1, 0.15) is 0 Å². The number of amides is 2. The van der Waals surface area contributed by atoms with Crippen LogP contribution in [0.25, 0.3) is 0 Å². The van der Waals surface area contributed by atoms with Gasteiger partial charge in [-0.05, 0) is 25.2 Å². The fourth-order valence-electron chi connectivity index (χ4n) is 1.98. The molecule has 1 atom stereocenters. The van der Waals surface area contributed by atoms with Crippen molar-refractivity contribution in [2.75, 3.05) is 19.6 Å². The van der Waals surface area contributed by atoms with E-state index in [0.29, 0.717) is 0 Å². The lowest BCUT2D eigenvalue weighted by Crippen LogP contribution is -2.41. The van der Waals surface area contributed by atoms with Crippen LogP contribution >= 0.6 is 0 Å². The normalized spacial score (nSPS) is 31.1. The minimum atomic E-state index is 0.146. The highest BCUT2D eigenvalue weighted by Crippen LogP contribution is 2.20. The predicted octanol–water partition coefficient (Wildman–Crippen LogP) is 0.812. The van der Waals surface area contributed by atoms with Crippen LogP contribution < -0.4 is 5.32 Å². The van der Waals surface area contributed by atoms with E-state index in [4.69, 9.17) is 0 Å². The summed E-state index contributed by atoms with van der Waals surface area (Å²) in [6.07, 6.45) is 3.67. The number of fused-ring (bicyclic) bond motifs is 2. The summed E-state index contributed by atoms with van der Waals surface area (Å²) in [4.78, 5) is 13.2. The number of hydrogen-bond acceptors (Lipinski definition) is 1. The van der Waals surface area contributed by atoms with Gasteiger partial charge in [-0.3, -0.25) is 0 Å². The van der Waals surface area contributed by atoms with Gasteiger partial charge >= 0.3 is 6.03 Å². The molecule has 1 N–H and O–H groups in total. The average Bonchev–Trinajstić information content (AvgIpc) is 2.14. The Kier molecular flexibility index (Phi) is 1.72. The van der Waals surface area contributed by atoms with E-state index in [1.165, 1.54) is 19.3 Å². The maximum atomic E-state index is 11.2. The summed E-state index contributed by atoms with van der Waals surface area (Å²) in [6, 6.07) is 0.146. The first-order chi connectivity index (χ1) is 5.36. The van der Waals surface area contributed by atoms with Gasteiger partial charge in [0.15, 0.2) is 0 Å². The molecule has 0 saturated carbocycles. The molecule has 2 amide bonds.